The molecule has 0 saturated carbocycles. The van der Waals surface area contributed by atoms with Crippen LogP contribution in [0.1, 0.15) is 12.8 Å². The minimum atomic E-state index is -1.63. The molecule has 0 aromatic rings. The van der Waals surface area contributed by atoms with E-state index < -0.39 is 36.7 Å². The third kappa shape index (κ3) is 57.4. The van der Waals surface area contributed by atoms with E-state index in [1.165, 1.54) is 0 Å². The molecule has 11 heteroatoms. The van der Waals surface area contributed by atoms with Crippen LogP contribution in [0.5, 0.6) is 0 Å². The fraction of sp³-hybridized carbons (Fsp3) is 0.333. The van der Waals surface area contributed by atoms with E-state index in [0.29, 0.717) is 0 Å². The van der Waals surface area contributed by atoms with Crippen LogP contribution in [0.4, 0.5) is 0 Å². The molecule has 0 aromatic heterocycles. The van der Waals surface area contributed by atoms with Gasteiger partial charge in [0.2, 0.25) is 0 Å². The van der Waals surface area contributed by atoms with Crippen molar-refractivity contribution in [3.8, 4) is 0 Å². The van der Waals surface area contributed by atoms with Crippen LogP contribution in [0.25, 0.3) is 0 Å². The Morgan fingerprint density at radius 1 is 0.706 bits per heavy atom. The van der Waals surface area contributed by atoms with Gasteiger partial charge in [0, 0.05) is 18.4 Å². The predicted octanol–water partition coefficient (Wildman–Crippen LogP) is -3.78. The largest absolute Gasteiger partial charge is 0.550 e. The summed E-state index contributed by atoms with van der Waals surface area (Å²) < 4.78 is 0. The summed E-state index contributed by atoms with van der Waals surface area (Å²) in [4.78, 5) is 37.3. The van der Waals surface area contributed by atoms with Crippen LogP contribution in [-0.2, 0) is 19.2 Å². The standard InChI is InChI=1S/2C3H4O4.3H3N/c2*4-2(5)1-3(6)7;;;/h2*1H2,(H,4,5)(H,6,7);3*1H3. The average Bonchev–Trinajstić information content (AvgIpc) is 1.79. The molecular formula is C6H17N3O8. The van der Waals surface area contributed by atoms with Crippen molar-refractivity contribution >= 4 is 23.9 Å². The summed E-state index contributed by atoms with van der Waals surface area (Å²) >= 11 is 0. The smallest absolute Gasteiger partial charge is 0.309 e. The molecule has 104 valence electrons. The zero-order chi connectivity index (χ0) is 11.7. The molecule has 17 heavy (non-hydrogen) atoms. The van der Waals surface area contributed by atoms with Crippen molar-refractivity contribution in [2.45, 2.75) is 12.8 Å². The van der Waals surface area contributed by atoms with Gasteiger partial charge in [-0.05, 0) is 0 Å². The van der Waals surface area contributed by atoms with Gasteiger partial charge in [0.15, 0.2) is 0 Å². The first-order valence-corrected chi connectivity index (χ1v) is 3.07. The summed E-state index contributed by atoms with van der Waals surface area (Å²) in [5.74, 6) is -6.19. The van der Waals surface area contributed by atoms with Crippen molar-refractivity contribution in [3.63, 3.8) is 0 Å². The number of hydrogen-bond acceptors (Lipinski definition) is 7. The van der Waals surface area contributed by atoms with Crippen LogP contribution in [0.15, 0.2) is 0 Å². The summed E-state index contributed by atoms with van der Waals surface area (Å²) in [6.45, 7) is 0. The van der Waals surface area contributed by atoms with Crippen molar-refractivity contribution in [1.29, 1.82) is 0 Å². The second-order valence-electron chi connectivity index (χ2n) is 1.86. The van der Waals surface area contributed by atoms with E-state index in [1.54, 1.807) is 0 Å². The van der Waals surface area contributed by atoms with E-state index in [9.17, 15) is 34.5 Å². The second-order valence-corrected chi connectivity index (χ2v) is 1.86. The Morgan fingerprint density at radius 3 is 0.941 bits per heavy atom. The number of rotatable bonds is 4. The minimum absolute atomic E-state index is 0. The van der Waals surface area contributed by atoms with E-state index in [4.69, 9.17) is 5.11 Å². The fourth-order valence-electron chi connectivity index (χ4n) is 0.241. The number of quaternary nitrogens is 3. The fourth-order valence-corrected chi connectivity index (χ4v) is 0.241. The summed E-state index contributed by atoms with van der Waals surface area (Å²) in [5.41, 5.74) is 0. The number of carboxylic acid groups (broad SMARTS) is 4. The normalized spacial score (nSPS) is 6.59. The van der Waals surface area contributed by atoms with Gasteiger partial charge in [-0.1, -0.05) is 0 Å². The van der Waals surface area contributed by atoms with Crippen LogP contribution < -0.4 is 33.8 Å². The molecule has 0 aliphatic carbocycles. The van der Waals surface area contributed by atoms with Gasteiger partial charge in [-0.2, -0.15) is 0 Å². The first-order chi connectivity index (χ1) is 6.25. The molecule has 0 atom stereocenters. The zero-order valence-corrected chi connectivity index (χ0v) is 9.72. The quantitative estimate of drug-likeness (QED) is 0.362. The Balaban J connectivity index is -0.0000000480. The van der Waals surface area contributed by atoms with Gasteiger partial charge in [0.25, 0.3) is 0 Å². The van der Waals surface area contributed by atoms with Crippen LogP contribution in [0.2, 0.25) is 0 Å². The molecule has 0 amide bonds. The maximum Gasteiger partial charge on any atom is 0.309 e. The first kappa shape index (κ1) is 29.3. The maximum atomic E-state index is 9.39. The molecule has 0 bridgehead atoms. The predicted molar refractivity (Wildman–Crippen MR) is 49.8 cm³/mol. The zero-order valence-electron chi connectivity index (χ0n) is 9.72. The van der Waals surface area contributed by atoms with Crippen molar-refractivity contribution in [1.82, 2.24) is 18.5 Å². The van der Waals surface area contributed by atoms with Gasteiger partial charge >= 0.3 is 5.97 Å². The average molecular weight is 259 g/mol. The summed E-state index contributed by atoms with van der Waals surface area (Å²) in [7, 11) is 0. The van der Waals surface area contributed by atoms with E-state index in [0.717, 1.165) is 0 Å². The SMILES string of the molecule is O=C([O-])CC(=O)O.O=C([O-])CC(=O)[O-].[NH4+].[NH4+].[NH4+]. The van der Waals surface area contributed by atoms with Crippen molar-refractivity contribution in [2.75, 3.05) is 0 Å². The van der Waals surface area contributed by atoms with Crippen LogP contribution in [-0.4, -0.2) is 29.0 Å². The van der Waals surface area contributed by atoms with Crippen molar-refractivity contribution < 1.29 is 39.6 Å². The van der Waals surface area contributed by atoms with Crippen molar-refractivity contribution in [3.05, 3.63) is 0 Å². The van der Waals surface area contributed by atoms with Crippen molar-refractivity contribution in [2.24, 2.45) is 0 Å². The topological polar surface area (TPSA) is 267 Å². The lowest BCUT2D eigenvalue weighted by atomic mass is 10.5. The highest BCUT2D eigenvalue weighted by Crippen LogP contribution is 1.70. The van der Waals surface area contributed by atoms with Gasteiger partial charge in [-0.3, -0.25) is 4.79 Å². The van der Waals surface area contributed by atoms with Gasteiger partial charge in [-0.25, -0.2) is 0 Å². The van der Waals surface area contributed by atoms with Crippen LogP contribution in [0.3, 0.4) is 0 Å². The monoisotopic (exact) mass is 259 g/mol. The van der Waals surface area contributed by atoms with E-state index >= 15 is 0 Å². The highest BCUT2D eigenvalue weighted by molar-refractivity contribution is 5.87. The molecule has 0 aromatic carbocycles. The molecule has 0 aliphatic rings. The summed E-state index contributed by atoms with van der Waals surface area (Å²) in [5, 5.41) is 35.5. The lowest BCUT2D eigenvalue weighted by Gasteiger charge is -1.99. The van der Waals surface area contributed by atoms with Crippen LogP contribution >= 0.6 is 0 Å². The number of hydrogen-bond donors (Lipinski definition) is 4. The van der Waals surface area contributed by atoms with Gasteiger partial charge in [0.05, 0.1) is 12.4 Å². The Kier molecular flexibility index (Phi) is 28.0. The molecule has 0 saturated heterocycles. The van der Waals surface area contributed by atoms with Gasteiger partial charge in [-0.15, -0.1) is 0 Å². The lowest BCUT2D eigenvalue weighted by molar-refractivity contribution is -0.322. The Hall–Kier alpha value is -2.24. The molecule has 13 N–H and O–H groups in total. The van der Waals surface area contributed by atoms with Crippen LogP contribution in [0, 0.1) is 0 Å². The van der Waals surface area contributed by atoms with Gasteiger partial charge in [0.1, 0.15) is 0 Å². The lowest BCUT2D eigenvalue weighted by Crippen LogP contribution is -2.32. The highest BCUT2D eigenvalue weighted by atomic mass is 16.4. The minimum Gasteiger partial charge on any atom is -0.550 e. The molecule has 0 fully saturated rings. The van der Waals surface area contributed by atoms with E-state index in [-0.39, 0.29) is 18.5 Å². The summed E-state index contributed by atoms with van der Waals surface area (Å²) in [6, 6.07) is 0. The van der Waals surface area contributed by atoms with Gasteiger partial charge < -0.3 is 53.3 Å². The molecule has 0 spiro atoms. The Bertz CT molecular complexity index is 204. The Labute approximate surface area is 95.8 Å². The Morgan fingerprint density at radius 2 is 0.941 bits per heavy atom. The molecule has 0 rings (SSSR count). The molecular weight excluding hydrogens is 242 g/mol. The third-order valence-corrected chi connectivity index (χ3v) is 0.584. The summed E-state index contributed by atoms with van der Waals surface area (Å²) in [6.07, 6.45) is -1.94. The molecule has 11 nitrogen and oxygen atoms in total. The van der Waals surface area contributed by atoms with E-state index in [1.807, 2.05) is 0 Å². The highest BCUT2D eigenvalue weighted by Gasteiger charge is 1.92. The molecule has 0 heterocycles. The third-order valence-electron chi connectivity index (χ3n) is 0.584. The molecule has 0 radical (unpaired) electrons. The number of carboxylic acids is 4. The number of carbonyl (C=O) groups is 4. The van der Waals surface area contributed by atoms with E-state index in [2.05, 4.69) is 0 Å². The molecule has 0 aliphatic heterocycles. The first-order valence-electron chi connectivity index (χ1n) is 3.07. The maximum absolute atomic E-state index is 9.39. The molecule has 0 unspecified atom stereocenters. The number of aliphatic carboxylic acids is 4. The number of carbonyl (C=O) groups excluding carboxylic acids is 3. The second kappa shape index (κ2) is 16.2.